The normalized spacial score (nSPS) is 18.9. The number of aliphatic carboxylic acids is 1. The van der Waals surface area contributed by atoms with Gasteiger partial charge in [0.15, 0.2) is 0 Å². The summed E-state index contributed by atoms with van der Waals surface area (Å²) < 4.78 is 0. The molecule has 6 heteroatoms. The topological polar surface area (TPSA) is 81.7 Å². The Hall–Kier alpha value is -1.30. The molecular weight excluding hydrogens is 210 g/mol. The molecule has 1 aliphatic rings. The van der Waals surface area contributed by atoms with Gasteiger partial charge in [-0.3, -0.25) is 4.79 Å². The van der Waals surface area contributed by atoms with Crippen LogP contribution in [0.1, 0.15) is 19.8 Å². The van der Waals surface area contributed by atoms with E-state index < -0.39 is 12.0 Å². The molecule has 0 radical (unpaired) electrons. The number of piperidine rings is 1. The number of amides is 2. The summed E-state index contributed by atoms with van der Waals surface area (Å²) in [5.41, 5.74) is 0. The molecule has 1 atom stereocenters. The van der Waals surface area contributed by atoms with E-state index in [1.165, 1.54) is 6.92 Å². The molecule has 3 N–H and O–H groups in total. The van der Waals surface area contributed by atoms with E-state index >= 15 is 0 Å². The van der Waals surface area contributed by atoms with Crippen molar-refractivity contribution in [3.8, 4) is 0 Å². The highest BCUT2D eigenvalue weighted by atomic mass is 16.4. The van der Waals surface area contributed by atoms with E-state index in [0.717, 1.165) is 25.9 Å². The van der Waals surface area contributed by atoms with E-state index in [2.05, 4.69) is 10.6 Å². The van der Waals surface area contributed by atoms with Gasteiger partial charge < -0.3 is 20.6 Å². The lowest BCUT2D eigenvalue weighted by atomic mass is 10.1. The summed E-state index contributed by atoms with van der Waals surface area (Å²) in [6, 6.07) is -0.972. The van der Waals surface area contributed by atoms with E-state index in [1.54, 1.807) is 11.9 Å². The average molecular weight is 229 g/mol. The molecule has 0 aliphatic carbocycles. The first-order valence-corrected chi connectivity index (χ1v) is 5.49. The van der Waals surface area contributed by atoms with Crippen LogP contribution in [0.15, 0.2) is 0 Å². The van der Waals surface area contributed by atoms with Gasteiger partial charge in [0.05, 0.1) is 0 Å². The SMILES string of the molecule is CC(NC(=O)N(C)C1CCNCC1)C(=O)O. The fourth-order valence-electron chi connectivity index (χ4n) is 1.71. The Labute approximate surface area is 95.0 Å². The molecule has 16 heavy (non-hydrogen) atoms. The monoisotopic (exact) mass is 229 g/mol. The van der Waals surface area contributed by atoms with Gasteiger partial charge in [0, 0.05) is 13.1 Å². The zero-order valence-corrected chi connectivity index (χ0v) is 9.69. The van der Waals surface area contributed by atoms with Crippen LogP contribution in [0.4, 0.5) is 4.79 Å². The number of carbonyl (C=O) groups is 2. The highest BCUT2D eigenvalue weighted by Crippen LogP contribution is 2.09. The van der Waals surface area contributed by atoms with Gasteiger partial charge in [-0.1, -0.05) is 0 Å². The maximum atomic E-state index is 11.7. The molecule has 1 rings (SSSR count). The third-order valence-electron chi connectivity index (χ3n) is 2.89. The molecule has 1 heterocycles. The number of carboxylic acid groups (broad SMARTS) is 1. The zero-order valence-electron chi connectivity index (χ0n) is 9.69. The molecule has 0 bridgehead atoms. The Morgan fingerprint density at radius 1 is 1.44 bits per heavy atom. The highest BCUT2D eigenvalue weighted by Gasteiger charge is 2.23. The van der Waals surface area contributed by atoms with Crippen LogP contribution in [0.5, 0.6) is 0 Å². The standard InChI is InChI=1S/C10H19N3O3/c1-7(9(14)15)12-10(16)13(2)8-3-5-11-6-4-8/h7-8,11H,3-6H2,1-2H3,(H,12,16)(H,14,15). The van der Waals surface area contributed by atoms with Crippen LogP contribution >= 0.6 is 0 Å². The van der Waals surface area contributed by atoms with Crippen LogP contribution < -0.4 is 10.6 Å². The van der Waals surface area contributed by atoms with E-state index in [9.17, 15) is 9.59 Å². The van der Waals surface area contributed by atoms with Crippen molar-refractivity contribution in [1.29, 1.82) is 0 Å². The largest absolute Gasteiger partial charge is 0.480 e. The Morgan fingerprint density at radius 3 is 2.50 bits per heavy atom. The lowest BCUT2D eigenvalue weighted by Gasteiger charge is -2.32. The molecule has 0 saturated carbocycles. The smallest absolute Gasteiger partial charge is 0.325 e. The first-order chi connectivity index (χ1) is 7.52. The molecule has 0 aromatic carbocycles. The Kier molecular flexibility index (Phi) is 4.54. The summed E-state index contributed by atoms with van der Waals surface area (Å²) >= 11 is 0. The number of rotatable bonds is 3. The number of carbonyl (C=O) groups excluding carboxylic acids is 1. The van der Waals surface area contributed by atoms with Gasteiger partial charge >= 0.3 is 12.0 Å². The van der Waals surface area contributed by atoms with Crippen LogP contribution in [0.25, 0.3) is 0 Å². The molecule has 0 spiro atoms. The number of urea groups is 1. The minimum atomic E-state index is -1.02. The van der Waals surface area contributed by atoms with E-state index in [0.29, 0.717) is 0 Å². The van der Waals surface area contributed by atoms with Crippen LogP contribution in [0.2, 0.25) is 0 Å². The van der Waals surface area contributed by atoms with Crippen molar-refractivity contribution >= 4 is 12.0 Å². The Balaban J connectivity index is 2.43. The van der Waals surface area contributed by atoms with Gasteiger partial charge in [-0.2, -0.15) is 0 Å². The van der Waals surface area contributed by atoms with Crippen LogP contribution in [0, 0.1) is 0 Å². The summed E-state index contributed by atoms with van der Waals surface area (Å²) in [5, 5.41) is 14.3. The fraction of sp³-hybridized carbons (Fsp3) is 0.800. The average Bonchev–Trinajstić information content (AvgIpc) is 2.28. The summed E-state index contributed by atoms with van der Waals surface area (Å²) in [7, 11) is 1.71. The highest BCUT2D eigenvalue weighted by molar-refractivity contribution is 5.82. The third kappa shape index (κ3) is 3.37. The third-order valence-corrected chi connectivity index (χ3v) is 2.89. The second-order valence-corrected chi connectivity index (χ2v) is 4.10. The minimum absolute atomic E-state index is 0.197. The summed E-state index contributed by atoms with van der Waals surface area (Å²) in [4.78, 5) is 23.9. The Bertz CT molecular complexity index is 264. The van der Waals surface area contributed by atoms with E-state index in [-0.39, 0.29) is 12.1 Å². The molecule has 0 aromatic heterocycles. The van der Waals surface area contributed by atoms with Crippen molar-refractivity contribution in [3.05, 3.63) is 0 Å². The lowest BCUT2D eigenvalue weighted by molar-refractivity contribution is -0.138. The van der Waals surface area contributed by atoms with Crippen LogP contribution in [0.3, 0.4) is 0 Å². The van der Waals surface area contributed by atoms with Gasteiger partial charge in [-0.15, -0.1) is 0 Å². The van der Waals surface area contributed by atoms with Crippen molar-refractivity contribution in [2.24, 2.45) is 0 Å². The van der Waals surface area contributed by atoms with Gasteiger partial charge in [0.2, 0.25) is 0 Å². The van der Waals surface area contributed by atoms with Crippen molar-refractivity contribution < 1.29 is 14.7 Å². The van der Waals surface area contributed by atoms with E-state index in [4.69, 9.17) is 5.11 Å². The number of nitrogens with one attached hydrogen (secondary N) is 2. The van der Waals surface area contributed by atoms with Crippen molar-refractivity contribution in [2.45, 2.75) is 31.8 Å². The lowest BCUT2D eigenvalue weighted by Crippen LogP contribution is -2.51. The first kappa shape index (κ1) is 12.8. The summed E-state index contributed by atoms with van der Waals surface area (Å²) in [6.07, 6.45) is 1.82. The van der Waals surface area contributed by atoms with Gasteiger partial charge in [0.25, 0.3) is 0 Å². The number of hydrogen-bond donors (Lipinski definition) is 3. The van der Waals surface area contributed by atoms with E-state index in [1.807, 2.05) is 0 Å². The first-order valence-electron chi connectivity index (χ1n) is 5.49. The van der Waals surface area contributed by atoms with Crippen molar-refractivity contribution in [2.75, 3.05) is 20.1 Å². The summed E-state index contributed by atoms with van der Waals surface area (Å²) in [6.45, 7) is 3.25. The molecule has 6 nitrogen and oxygen atoms in total. The van der Waals surface area contributed by atoms with Gasteiger partial charge in [-0.25, -0.2) is 4.79 Å². The maximum Gasteiger partial charge on any atom is 0.325 e. The quantitative estimate of drug-likeness (QED) is 0.629. The molecule has 92 valence electrons. The van der Waals surface area contributed by atoms with Gasteiger partial charge in [-0.05, 0) is 32.9 Å². The number of nitrogens with zero attached hydrogens (tertiary/aromatic N) is 1. The molecule has 1 fully saturated rings. The fourth-order valence-corrected chi connectivity index (χ4v) is 1.71. The van der Waals surface area contributed by atoms with Crippen LogP contribution in [-0.4, -0.2) is 54.2 Å². The zero-order chi connectivity index (χ0) is 12.1. The molecular formula is C10H19N3O3. The second-order valence-electron chi connectivity index (χ2n) is 4.10. The molecule has 2 amide bonds. The summed E-state index contributed by atoms with van der Waals surface area (Å²) in [5.74, 6) is -1.02. The van der Waals surface area contributed by atoms with Gasteiger partial charge in [0.1, 0.15) is 6.04 Å². The predicted molar refractivity (Wildman–Crippen MR) is 59.3 cm³/mol. The van der Waals surface area contributed by atoms with Crippen LogP contribution in [-0.2, 0) is 4.79 Å². The number of carboxylic acids is 1. The number of hydrogen-bond acceptors (Lipinski definition) is 3. The van der Waals surface area contributed by atoms with Crippen molar-refractivity contribution in [3.63, 3.8) is 0 Å². The maximum absolute atomic E-state index is 11.7. The minimum Gasteiger partial charge on any atom is -0.480 e. The molecule has 1 aliphatic heterocycles. The predicted octanol–water partition coefficient (Wildman–Crippen LogP) is -0.147. The van der Waals surface area contributed by atoms with Crippen molar-refractivity contribution in [1.82, 2.24) is 15.5 Å². The molecule has 1 saturated heterocycles. The second kappa shape index (κ2) is 5.69. The molecule has 1 unspecified atom stereocenters. The molecule has 0 aromatic rings. The Morgan fingerprint density at radius 2 is 2.00 bits per heavy atom.